The molecule has 1 amide bonds. The van der Waals surface area contributed by atoms with E-state index in [1.807, 2.05) is 0 Å². The Bertz CT molecular complexity index is 544. The van der Waals surface area contributed by atoms with Crippen molar-refractivity contribution in [2.24, 2.45) is 5.84 Å². The molecule has 0 radical (unpaired) electrons. The van der Waals surface area contributed by atoms with E-state index in [0.717, 1.165) is 4.88 Å². The lowest BCUT2D eigenvalue weighted by Gasteiger charge is -2.09. The number of benzene rings is 1. The molecule has 0 spiro atoms. The maximum Gasteiger partial charge on any atom is 0.253 e. The van der Waals surface area contributed by atoms with Gasteiger partial charge in [-0.2, -0.15) is 0 Å². The first-order valence-electron chi connectivity index (χ1n) is 5.12. The lowest BCUT2D eigenvalue weighted by atomic mass is 10.1. The molecule has 1 aromatic heterocycles. The number of anilines is 1. The van der Waals surface area contributed by atoms with Gasteiger partial charge in [0.15, 0.2) is 0 Å². The number of hydrazine groups is 1. The summed E-state index contributed by atoms with van der Waals surface area (Å²) in [6.45, 7) is 0.431. The molecule has 0 saturated heterocycles. The highest BCUT2D eigenvalue weighted by Gasteiger charge is 2.11. The third-order valence-corrected chi connectivity index (χ3v) is 3.30. The summed E-state index contributed by atoms with van der Waals surface area (Å²) in [5.74, 6) is 5.11. The Balaban J connectivity index is 2.10. The number of aromatic nitrogens is 1. The lowest BCUT2D eigenvalue weighted by Crippen LogP contribution is -2.24. The minimum atomic E-state index is -0.237. The summed E-state index contributed by atoms with van der Waals surface area (Å²) in [6.07, 6.45) is 1.71. The largest absolute Gasteiger partial charge is 0.347 e. The molecule has 0 bridgehead atoms. The molecule has 5 nitrogen and oxygen atoms in total. The van der Waals surface area contributed by atoms with Gasteiger partial charge in [0.2, 0.25) is 0 Å². The van der Waals surface area contributed by atoms with E-state index >= 15 is 0 Å². The molecule has 0 atom stereocenters. The number of rotatable bonds is 4. The topological polar surface area (TPSA) is 80.0 Å². The van der Waals surface area contributed by atoms with Crippen molar-refractivity contribution < 1.29 is 4.79 Å². The van der Waals surface area contributed by atoms with Gasteiger partial charge in [-0.05, 0) is 18.2 Å². The average Bonchev–Trinajstić information content (AvgIpc) is 2.89. The SMILES string of the molecule is NNc1ccc(Cl)cc1C(=O)NCc1cncs1. The zero-order chi connectivity index (χ0) is 13.0. The van der Waals surface area contributed by atoms with Crippen LogP contribution in [0.5, 0.6) is 0 Å². The molecular weight excluding hydrogens is 272 g/mol. The Morgan fingerprint density at radius 1 is 1.50 bits per heavy atom. The second kappa shape index (κ2) is 5.81. The first-order chi connectivity index (χ1) is 8.70. The quantitative estimate of drug-likeness (QED) is 0.592. The standard InChI is InChI=1S/C11H11ClN4OS/c12-7-1-2-10(16-13)9(3-7)11(17)15-5-8-4-14-6-18-8/h1-4,6,16H,5,13H2,(H,15,17). The van der Waals surface area contributed by atoms with Crippen LogP contribution in [0.15, 0.2) is 29.9 Å². The van der Waals surface area contributed by atoms with Crippen LogP contribution in [-0.2, 0) is 6.54 Å². The van der Waals surface area contributed by atoms with E-state index in [2.05, 4.69) is 15.7 Å². The van der Waals surface area contributed by atoms with E-state index in [-0.39, 0.29) is 5.91 Å². The number of nitrogens with two attached hydrogens (primary N) is 1. The Labute approximate surface area is 113 Å². The highest BCUT2D eigenvalue weighted by atomic mass is 35.5. The molecule has 0 unspecified atom stereocenters. The van der Waals surface area contributed by atoms with Gasteiger partial charge in [-0.3, -0.25) is 15.6 Å². The molecule has 0 aliphatic heterocycles. The summed E-state index contributed by atoms with van der Waals surface area (Å²) < 4.78 is 0. The second-order valence-electron chi connectivity index (χ2n) is 3.48. The van der Waals surface area contributed by atoms with Crippen LogP contribution in [0.1, 0.15) is 15.2 Å². The van der Waals surface area contributed by atoms with E-state index in [1.165, 1.54) is 11.3 Å². The minimum Gasteiger partial charge on any atom is -0.347 e. The molecule has 0 aliphatic carbocycles. The van der Waals surface area contributed by atoms with Crippen LogP contribution in [-0.4, -0.2) is 10.9 Å². The van der Waals surface area contributed by atoms with E-state index < -0.39 is 0 Å². The Morgan fingerprint density at radius 3 is 3.00 bits per heavy atom. The van der Waals surface area contributed by atoms with Crippen molar-refractivity contribution in [3.05, 3.63) is 45.4 Å². The van der Waals surface area contributed by atoms with Gasteiger partial charge >= 0.3 is 0 Å². The molecule has 0 aliphatic rings. The second-order valence-corrected chi connectivity index (χ2v) is 4.89. The Hall–Kier alpha value is -1.63. The number of carbonyl (C=O) groups is 1. The summed E-state index contributed by atoms with van der Waals surface area (Å²) in [6, 6.07) is 4.89. The molecule has 18 heavy (non-hydrogen) atoms. The first kappa shape index (κ1) is 12.8. The van der Waals surface area contributed by atoms with Crippen LogP contribution in [0.2, 0.25) is 5.02 Å². The monoisotopic (exact) mass is 282 g/mol. The van der Waals surface area contributed by atoms with Gasteiger partial charge in [0.05, 0.1) is 23.3 Å². The summed E-state index contributed by atoms with van der Waals surface area (Å²) in [5.41, 5.74) is 5.12. The van der Waals surface area contributed by atoms with Crippen molar-refractivity contribution in [2.45, 2.75) is 6.54 Å². The van der Waals surface area contributed by atoms with Crippen LogP contribution in [0.25, 0.3) is 0 Å². The maximum atomic E-state index is 12.0. The number of halogens is 1. The number of amides is 1. The summed E-state index contributed by atoms with van der Waals surface area (Å²) in [7, 11) is 0. The van der Waals surface area contributed by atoms with Crippen molar-refractivity contribution in [1.29, 1.82) is 0 Å². The number of hydrogen-bond acceptors (Lipinski definition) is 5. The summed E-state index contributed by atoms with van der Waals surface area (Å²) >= 11 is 7.34. The number of nitrogens with one attached hydrogen (secondary N) is 2. The predicted octanol–water partition coefficient (Wildman–Crippen LogP) is 2.01. The number of nitrogens with zero attached hydrogens (tertiary/aromatic N) is 1. The van der Waals surface area contributed by atoms with Gasteiger partial charge < -0.3 is 10.7 Å². The summed E-state index contributed by atoms with van der Waals surface area (Å²) in [5, 5.41) is 3.26. The van der Waals surface area contributed by atoms with E-state index in [1.54, 1.807) is 29.9 Å². The Kier molecular flexibility index (Phi) is 4.14. The van der Waals surface area contributed by atoms with Crippen LogP contribution >= 0.6 is 22.9 Å². The van der Waals surface area contributed by atoms with Crippen LogP contribution in [0, 0.1) is 0 Å². The van der Waals surface area contributed by atoms with Gasteiger partial charge in [-0.15, -0.1) is 11.3 Å². The molecule has 4 N–H and O–H groups in total. The fraction of sp³-hybridized carbons (Fsp3) is 0.0909. The number of thiazole rings is 1. The fourth-order valence-corrected chi connectivity index (χ4v) is 2.13. The third-order valence-electron chi connectivity index (χ3n) is 2.29. The van der Waals surface area contributed by atoms with Crippen LogP contribution in [0.4, 0.5) is 5.69 Å². The maximum absolute atomic E-state index is 12.0. The molecule has 94 valence electrons. The number of hydrogen-bond donors (Lipinski definition) is 3. The molecule has 1 aromatic carbocycles. The third kappa shape index (κ3) is 2.98. The molecule has 7 heteroatoms. The van der Waals surface area contributed by atoms with Gasteiger partial charge in [0.25, 0.3) is 5.91 Å². The molecule has 0 saturated carbocycles. The lowest BCUT2D eigenvalue weighted by molar-refractivity contribution is 0.0952. The van der Waals surface area contributed by atoms with Gasteiger partial charge in [0.1, 0.15) is 0 Å². The molecule has 2 rings (SSSR count). The van der Waals surface area contributed by atoms with Gasteiger partial charge in [-0.25, -0.2) is 0 Å². The average molecular weight is 283 g/mol. The fourth-order valence-electron chi connectivity index (χ4n) is 1.42. The number of carbonyl (C=O) groups excluding carboxylic acids is 1. The normalized spacial score (nSPS) is 10.1. The van der Waals surface area contributed by atoms with Crippen LogP contribution < -0.4 is 16.6 Å². The number of nitrogen functional groups attached to an aromatic ring is 1. The van der Waals surface area contributed by atoms with E-state index in [4.69, 9.17) is 17.4 Å². The minimum absolute atomic E-state index is 0.237. The highest BCUT2D eigenvalue weighted by Crippen LogP contribution is 2.20. The van der Waals surface area contributed by atoms with Crippen molar-refractivity contribution in [1.82, 2.24) is 10.3 Å². The highest BCUT2D eigenvalue weighted by molar-refractivity contribution is 7.09. The van der Waals surface area contributed by atoms with Crippen molar-refractivity contribution in [2.75, 3.05) is 5.43 Å². The predicted molar refractivity (Wildman–Crippen MR) is 72.5 cm³/mol. The zero-order valence-electron chi connectivity index (χ0n) is 9.31. The first-order valence-corrected chi connectivity index (χ1v) is 6.38. The van der Waals surface area contributed by atoms with Crippen molar-refractivity contribution in [3.63, 3.8) is 0 Å². The van der Waals surface area contributed by atoms with E-state index in [0.29, 0.717) is 22.8 Å². The summed E-state index contributed by atoms with van der Waals surface area (Å²) in [4.78, 5) is 16.9. The zero-order valence-corrected chi connectivity index (χ0v) is 10.9. The van der Waals surface area contributed by atoms with Crippen molar-refractivity contribution in [3.8, 4) is 0 Å². The Morgan fingerprint density at radius 2 is 2.33 bits per heavy atom. The van der Waals surface area contributed by atoms with Crippen molar-refractivity contribution >= 4 is 34.5 Å². The van der Waals surface area contributed by atoms with Gasteiger partial charge in [-0.1, -0.05) is 11.6 Å². The molecule has 1 heterocycles. The molecule has 2 aromatic rings. The smallest absolute Gasteiger partial charge is 0.253 e. The molecular formula is C11H11ClN4OS. The van der Waals surface area contributed by atoms with Gasteiger partial charge in [0, 0.05) is 16.1 Å². The van der Waals surface area contributed by atoms with E-state index in [9.17, 15) is 4.79 Å². The molecule has 0 fully saturated rings. The van der Waals surface area contributed by atoms with Crippen LogP contribution in [0.3, 0.4) is 0 Å².